The first kappa shape index (κ1) is 10.6. The Hall–Kier alpha value is -0.870. The number of nitrogens with zero attached hydrogens (tertiary/aromatic N) is 2. The van der Waals surface area contributed by atoms with Crippen molar-refractivity contribution in [3.05, 3.63) is 11.1 Å². The van der Waals surface area contributed by atoms with Crippen molar-refractivity contribution in [2.45, 2.75) is 6.92 Å². The number of piperazine rings is 1. The van der Waals surface area contributed by atoms with Crippen molar-refractivity contribution < 1.29 is 4.79 Å². The van der Waals surface area contributed by atoms with Gasteiger partial charge in [-0.1, -0.05) is 0 Å². The van der Waals surface area contributed by atoms with Crippen LogP contribution in [0.3, 0.4) is 0 Å². The lowest BCUT2D eigenvalue weighted by Gasteiger charge is -2.33. The molecule has 2 saturated heterocycles. The Morgan fingerprint density at radius 1 is 1.20 bits per heavy atom. The third-order valence-electron chi connectivity index (χ3n) is 3.32. The highest BCUT2D eigenvalue weighted by Crippen LogP contribution is 2.13. The van der Waals surface area contributed by atoms with E-state index in [2.05, 4.69) is 17.3 Å². The number of rotatable bonds is 1. The van der Waals surface area contributed by atoms with Crippen molar-refractivity contribution in [3.63, 3.8) is 0 Å². The predicted molar refractivity (Wildman–Crippen MR) is 59.6 cm³/mol. The number of amides is 1. The topological polar surface area (TPSA) is 35.6 Å². The average Bonchev–Trinajstić information content (AvgIpc) is 2.15. The van der Waals surface area contributed by atoms with Crippen molar-refractivity contribution >= 4 is 5.91 Å². The summed E-state index contributed by atoms with van der Waals surface area (Å²) in [5, 5.41) is 3.17. The van der Waals surface area contributed by atoms with E-state index in [1.54, 1.807) is 0 Å². The van der Waals surface area contributed by atoms with Gasteiger partial charge < -0.3 is 15.1 Å². The summed E-state index contributed by atoms with van der Waals surface area (Å²) < 4.78 is 0. The molecular formula is C11H19N3O. The first-order valence-corrected chi connectivity index (χ1v) is 5.55. The van der Waals surface area contributed by atoms with Gasteiger partial charge in [-0.05, 0) is 19.5 Å². The second kappa shape index (κ2) is 4.33. The molecule has 0 atom stereocenters. The van der Waals surface area contributed by atoms with Crippen LogP contribution in [0.4, 0.5) is 0 Å². The molecule has 2 heterocycles. The molecule has 2 aliphatic rings. The number of carbonyl (C=O) groups is 1. The van der Waals surface area contributed by atoms with Crippen molar-refractivity contribution in [1.82, 2.24) is 15.1 Å². The largest absolute Gasteiger partial charge is 0.336 e. The van der Waals surface area contributed by atoms with Crippen LogP contribution >= 0.6 is 0 Å². The van der Waals surface area contributed by atoms with E-state index in [-0.39, 0.29) is 5.91 Å². The number of nitrogens with one attached hydrogen (secondary N) is 1. The summed E-state index contributed by atoms with van der Waals surface area (Å²) >= 11 is 0. The quantitative estimate of drug-likeness (QED) is 0.601. The molecule has 0 radical (unpaired) electrons. The van der Waals surface area contributed by atoms with Gasteiger partial charge >= 0.3 is 0 Å². The first-order chi connectivity index (χ1) is 7.18. The molecule has 1 amide bonds. The Bertz CT molecular complexity index is 284. The molecule has 0 saturated carbocycles. The van der Waals surface area contributed by atoms with E-state index in [0.29, 0.717) is 0 Å². The molecule has 15 heavy (non-hydrogen) atoms. The molecule has 2 rings (SSSR count). The minimum atomic E-state index is 0.236. The summed E-state index contributed by atoms with van der Waals surface area (Å²) in [6.45, 7) is 7.47. The number of likely N-dealkylation sites (N-methyl/N-ethyl adjacent to an activating group) is 1. The normalized spacial score (nSPS) is 22.5. The van der Waals surface area contributed by atoms with Crippen LogP contribution in [0.25, 0.3) is 0 Å². The molecule has 2 aliphatic heterocycles. The van der Waals surface area contributed by atoms with Crippen molar-refractivity contribution in [1.29, 1.82) is 0 Å². The second-order valence-electron chi connectivity index (χ2n) is 4.43. The van der Waals surface area contributed by atoms with Crippen LogP contribution in [0.5, 0.6) is 0 Å². The highest BCUT2D eigenvalue weighted by atomic mass is 16.2. The lowest BCUT2D eigenvalue weighted by atomic mass is 10.0. The summed E-state index contributed by atoms with van der Waals surface area (Å²) in [5.41, 5.74) is 2.23. The number of hydrogen-bond donors (Lipinski definition) is 1. The van der Waals surface area contributed by atoms with E-state index in [1.165, 1.54) is 5.57 Å². The minimum absolute atomic E-state index is 0.236. The zero-order chi connectivity index (χ0) is 10.8. The summed E-state index contributed by atoms with van der Waals surface area (Å²) in [7, 11) is 2.10. The van der Waals surface area contributed by atoms with E-state index in [9.17, 15) is 4.79 Å². The Morgan fingerprint density at radius 2 is 1.80 bits per heavy atom. The molecule has 0 spiro atoms. The molecule has 0 aromatic rings. The van der Waals surface area contributed by atoms with Gasteiger partial charge in [0, 0.05) is 44.8 Å². The third-order valence-corrected chi connectivity index (χ3v) is 3.32. The first-order valence-electron chi connectivity index (χ1n) is 5.55. The molecule has 2 fully saturated rings. The summed E-state index contributed by atoms with van der Waals surface area (Å²) in [6.07, 6.45) is 0. The van der Waals surface area contributed by atoms with Gasteiger partial charge in [0.15, 0.2) is 0 Å². The van der Waals surface area contributed by atoms with Gasteiger partial charge in [0.25, 0.3) is 0 Å². The lowest BCUT2D eigenvalue weighted by Crippen LogP contribution is -2.48. The van der Waals surface area contributed by atoms with Crippen LogP contribution in [-0.4, -0.2) is 62.0 Å². The van der Waals surface area contributed by atoms with E-state index < -0.39 is 0 Å². The summed E-state index contributed by atoms with van der Waals surface area (Å²) in [4.78, 5) is 16.3. The molecule has 4 heteroatoms. The molecule has 0 aliphatic carbocycles. The van der Waals surface area contributed by atoms with E-state index >= 15 is 0 Å². The summed E-state index contributed by atoms with van der Waals surface area (Å²) in [6, 6.07) is 0. The number of carbonyl (C=O) groups excluding carboxylic acids is 1. The van der Waals surface area contributed by atoms with Crippen LogP contribution in [0, 0.1) is 0 Å². The van der Waals surface area contributed by atoms with Crippen LogP contribution in [0.15, 0.2) is 11.1 Å². The zero-order valence-electron chi connectivity index (χ0n) is 9.55. The molecular weight excluding hydrogens is 190 g/mol. The smallest absolute Gasteiger partial charge is 0.249 e. The van der Waals surface area contributed by atoms with Crippen molar-refractivity contribution in [2.75, 3.05) is 46.3 Å². The van der Waals surface area contributed by atoms with Crippen LogP contribution < -0.4 is 5.32 Å². The van der Waals surface area contributed by atoms with Gasteiger partial charge in [0.2, 0.25) is 5.91 Å². The van der Waals surface area contributed by atoms with Crippen LogP contribution in [0.1, 0.15) is 6.92 Å². The molecule has 0 unspecified atom stereocenters. The molecule has 4 nitrogen and oxygen atoms in total. The molecule has 0 aromatic heterocycles. The zero-order valence-corrected chi connectivity index (χ0v) is 9.55. The van der Waals surface area contributed by atoms with Crippen molar-refractivity contribution in [3.8, 4) is 0 Å². The third kappa shape index (κ3) is 2.21. The highest BCUT2D eigenvalue weighted by molar-refractivity contribution is 5.94. The van der Waals surface area contributed by atoms with E-state index in [1.807, 2.05) is 11.8 Å². The van der Waals surface area contributed by atoms with Crippen molar-refractivity contribution in [2.24, 2.45) is 0 Å². The SMILES string of the molecule is CC(C(=O)N1CCN(C)CC1)=C1CNC1. The molecule has 1 N–H and O–H groups in total. The number of hydrogen-bond acceptors (Lipinski definition) is 3. The van der Waals surface area contributed by atoms with Gasteiger partial charge in [-0.25, -0.2) is 0 Å². The predicted octanol–water partition coefficient (Wildman–Crippen LogP) is -0.320. The monoisotopic (exact) mass is 209 g/mol. The van der Waals surface area contributed by atoms with Gasteiger partial charge in [0.05, 0.1) is 0 Å². The Balaban J connectivity index is 1.96. The fourth-order valence-electron chi connectivity index (χ4n) is 1.91. The van der Waals surface area contributed by atoms with Crippen LogP contribution in [0.2, 0.25) is 0 Å². The Labute approximate surface area is 90.9 Å². The maximum Gasteiger partial charge on any atom is 0.249 e. The lowest BCUT2D eigenvalue weighted by molar-refractivity contribution is -0.128. The van der Waals surface area contributed by atoms with Gasteiger partial charge in [-0.15, -0.1) is 0 Å². The van der Waals surface area contributed by atoms with Gasteiger partial charge in [-0.2, -0.15) is 0 Å². The maximum absolute atomic E-state index is 12.1. The second-order valence-corrected chi connectivity index (χ2v) is 4.43. The minimum Gasteiger partial charge on any atom is -0.336 e. The molecule has 0 bridgehead atoms. The Kier molecular flexibility index (Phi) is 3.07. The van der Waals surface area contributed by atoms with Gasteiger partial charge in [0.1, 0.15) is 0 Å². The molecule has 0 aromatic carbocycles. The highest BCUT2D eigenvalue weighted by Gasteiger charge is 2.23. The fraction of sp³-hybridized carbons (Fsp3) is 0.727. The average molecular weight is 209 g/mol. The summed E-state index contributed by atoms with van der Waals surface area (Å²) in [5.74, 6) is 0.236. The van der Waals surface area contributed by atoms with E-state index in [4.69, 9.17) is 0 Å². The molecule has 84 valence electrons. The van der Waals surface area contributed by atoms with Gasteiger partial charge in [-0.3, -0.25) is 4.79 Å². The Morgan fingerprint density at radius 3 is 2.27 bits per heavy atom. The fourth-order valence-corrected chi connectivity index (χ4v) is 1.91. The van der Waals surface area contributed by atoms with Crippen LogP contribution in [-0.2, 0) is 4.79 Å². The van der Waals surface area contributed by atoms with E-state index in [0.717, 1.165) is 44.8 Å². The standard InChI is InChI=1S/C11H19N3O/c1-9(10-7-12-8-10)11(15)14-5-3-13(2)4-6-14/h12H,3-8H2,1-2H3. The maximum atomic E-state index is 12.1.